The smallest absolute Gasteiger partial charge is 0.164 e. The molecule has 200 valence electrons. The van der Waals surface area contributed by atoms with Crippen molar-refractivity contribution in [1.82, 2.24) is 0 Å². The molecule has 1 saturated heterocycles. The summed E-state index contributed by atoms with van der Waals surface area (Å²) in [4.78, 5) is 40.7. The van der Waals surface area contributed by atoms with Crippen LogP contribution in [-0.2, 0) is 19.1 Å². The van der Waals surface area contributed by atoms with Gasteiger partial charge in [0.2, 0.25) is 0 Å². The summed E-state index contributed by atoms with van der Waals surface area (Å²) in [5.74, 6) is -0.916. The number of allylic oxidation sites excluding steroid dienone is 1. The summed E-state index contributed by atoms with van der Waals surface area (Å²) in [6, 6.07) is 0. The molecule has 0 aromatic heterocycles. The quantitative estimate of drug-likeness (QED) is 0.524. The lowest BCUT2D eigenvalue weighted by Gasteiger charge is -2.65. The molecule has 1 aliphatic heterocycles. The van der Waals surface area contributed by atoms with Gasteiger partial charge in [-0.15, -0.1) is 0 Å². The van der Waals surface area contributed by atoms with Gasteiger partial charge in [-0.25, -0.2) is 0 Å². The van der Waals surface area contributed by atoms with Crippen molar-refractivity contribution in [3.8, 4) is 0 Å². The Hall–Kier alpha value is -1.37. The van der Waals surface area contributed by atoms with Gasteiger partial charge in [0.05, 0.1) is 11.7 Å². The van der Waals surface area contributed by atoms with Crippen molar-refractivity contribution in [2.75, 3.05) is 0 Å². The average molecular weight is 501 g/mol. The van der Waals surface area contributed by atoms with Gasteiger partial charge in [0.25, 0.3) is 0 Å². The molecule has 6 heteroatoms. The van der Waals surface area contributed by atoms with Crippen LogP contribution >= 0.6 is 0 Å². The molecule has 0 aromatic carbocycles. The summed E-state index contributed by atoms with van der Waals surface area (Å²) in [6.07, 6.45) is 2.94. The molecule has 1 heterocycles. The second-order valence-corrected chi connectivity index (χ2v) is 14.7. The minimum Gasteiger partial charge on any atom is -0.393 e. The molecule has 0 spiro atoms. The molecular formula is C30H44O6. The number of carbonyl (C=O) groups is 3. The summed E-state index contributed by atoms with van der Waals surface area (Å²) >= 11 is 0. The van der Waals surface area contributed by atoms with Crippen LogP contribution in [0.15, 0.2) is 11.6 Å². The van der Waals surface area contributed by atoms with Crippen molar-refractivity contribution >= 4 is 17.3 Å². The van der Waals surface area contributed by atoms with Gasteiger partial charge in [-0.3, -0.25) is 14.4 Å². The van der Waals surface area contributed by atoms with E-state index in [0.717, 1.165) is 5.57 Å². The van der Waals surface area contributed by atoms with E-state index in [1.54, 1.807) is 0 Å². The fourth-order valence-electron chi connectivity index (χ4n) is 9.91. The molecule has 0 unspecified atom stereocenters. The van der Waals surface area contributed by atoms with Crippen LogP contribution in [0.4, 0.5) is 0 Å². The fourth-order valence-corrected chi connectivity index (χ4v) is 9.91. The molecule has 4 fully saturated rings. The van der Waals surface area contributed by atoms with Gasteiger partial charge in [-0.05, 0) is 62.7 Å². The van der Waals surface area contributed by atoms with Crippen LogP contribution in [0, 0.1) is 39.4 Å². The number of aliphatic hydroxyl groups is 2. The highest BCUT2D eigenvalue weighted by Gasteiger charge is 2.75. The van der Waals surface area contributed by atoms with Gasteiger partial charge < -0.3 is 14.9 Å². The highest BCUT2D eigenvalue weighted by atomic mass is 16.5. The Labute approximate surface area is 215 Å². The molecule has 9 atom stereocenters. The lowest BCUT2D eigenvalue weighted by molar-refractivity contribution is -0.224. The first kappa shape index (κ1) is 26.2. The number of Topliss-reactive ketones (excluding diaryl/α,β-unsaturated/α-hetero) is 3. The molecule has 2 N–H and O–H groups in total. The van der Waals surface area contributed by atoms with Crippen molar-refractivity contribution in [2.24, 2.45) is 39.4 Å². The number of carbonyl (C=O) groups excluding carboxylic acids is 3. The molecule has 36 heavy (non-hydrogen) atoms. The van der Waals surface area contributed by atoms with Crippen molar-refractivity contribution in [3.63, 3.8) is 0 Å². The van der Waals surface area contributed by atoms with E-state index in [2.05, 4.69) is 19.9 Å². The Kier molecular flexibility index (Phi) is 5.38. The third kappa shape index (κ3) is 2.98. The lowest BCUT2D eigenvalue weighted by Crippen LogP contribution is -2.66. The predicted octanol–water partition coefficient (Wildman–Crippen LogP) is 4.20. The molecule has 0 aromatic rings. The number of hydrogen-bond acceptors (Lipinski definition) is 6. The summed E-state index contributed by atoms with van der Waals surface area (Å²) in [5, 5.41) is 22.3. The normalized spacial score (nSPS) is 51.8. The van der Waals surface area contributed by atoms with Gasteiger partial charge in [-0.1, -0.05) is 46.3 Å². The van der Waals surface area contributed by atoms with Crippen LogP contribution in [0.3, 0.4) is 0 Å². The topological polar surface area (TPSA) is 101 Å². The van der Waals surface area contributed by atoms with Crippen molar-refractivity contribution in [2.45, 2.75) is 117 Å². The minimum atomic E-state index is -1.16. The lowest BCUT2D eigenvalue weighted by atomic mass is 9.38. The van der Waals surface area contributed by atoms with E-state index in [1.807, 2.05) is 41.5 Å². The van der Waals surface area contributed by atoms with E-state index >= 15 is 0 Å². The highest BCUT2D eigenvalue weighted by Crippen LogP contribution is 2.74. The van der Waals surface area contributed by atoms with Crippen LogP contribution in [0.2, 0.25) is 0 Å². The summed E-state index contributed by atoms with van der Waals surface area (Å²) < 4.78 is 6.52. The molecule has 0 radical (unpaired) electrons. The van der Waals surface area contributed by atoms with E-state index in [1.165, 1.54) is 0 Å². The van der Waals surface area contributed by atoms with E-state index in [0.29, 0.717) is 25.7 Å². The van der Waals surface area contributed by atoms with Crippen molar-refractivity contribution in [1.29, 1.82) is 0 Å². The molecule has 5 rings (SSSR count). The Morgan fingerprint density at radius 3 is 2.19 bits per heavy atom. The second-order valence-electron chi connectivity index (χ2n) is 14.7. The maximum Gasteiger partial charge on any atom is 0.164 e. The number of ketones is 3. The van der Waals surface area contributed by atoms with E-state index < -0.39 is 51.0 Å². The van der Waals surface area contributed by atoms with Gasteiger partial charge in [0.15, 0.2) is 11.6 Å². The largest absolute Gasteiger partial charge is 0.393 e. The van der Waals surface area contributed by atoms with Gasteiger partial charge in [0, 0.05) is 36.0 Å². The first-order chi connectivity index (χ1) is 16.4. The molecule has 6 nitrogen and oxygen atoms in total. The van der Waals surface area contributed by atoms with Gasteiger partial charge in [0.1, 0.15) is 17.5 Å². The molecule has 0 amide bonds. The maximum absolute atomic E-state index is 14.3. The predicted molar refractivity (Wildman–Crippen MR) is 135 cm³/mol. The van der Waals surface area contributed by atoms with Crippen LogP contribution in [0.1, 0.15) is 93.9 Å². The average Bonchev–Trinajstić information content (AvgIpc) is 2.95. The number of fused-ring (bicyclic) bond motifs is 5. The number of aliphatic hydroxyl groups excluding tert-OH is 2. The second kappa shape index (κ2) is 7.39. The Bertz CT molecular complexity index is 1070. The first-order valence-electron chi connectivity index (χ1n) is 13.7. The summed E-state index contributed by atoms with van der Waals surface area (Å²) in [6.45, 7) is 15.9. The molecular weight excluding hydrogens is 456 g/mol. The SMILES string of the molecule is CC1(C)CCC(=O)[C@](C)([C@H]2[C@H](O)C[C@@]3(C)[C@@H]4CC=C5[C@@H](CC(=O)[C@@H](O)C5(C)C)[C@]4(C)C(=O)C[C@]23C)O1. The zero-order chi connectivity index (χ0) is 26.9. The zero-order valence-electron chi connectivity index (χ0n) is 23.2. The Balaban J connectivity index is 1.63. The van der Waals surface area contributed by atoms with Crippen molar-refractivity contribution in [3.05, 3.63) is 11.6 Å². The maximum atomic E-state index is 14.3. The molecule has 3 saturated carbocycles. The van der Waals surface area contributed by atoms with Crippen LogP contribution in [0.25, 0.3) is 0 Å². The van der Waals surface area contributed by atoms with Crippen molar-refractivity contribution < 1.29 is 29.3 Å². The van der Waals surface area contributed by atoms with Crippen LogP contribution in [0.5, 0.6) is 0 Å². The minimum absolute atomic E-state index is 0.0107. The number of ether oxygens (including phenoxy) is 1. The third-order valence-corrected chi connectivity index (χ3v) is 12.0. The van der Waals surface area contributed by atoms with Gasteiger partial charge in [-0.2, -0.15) is 0 Å². The standard InChI is InChI=1S/C30H44O6/c1-25(2)12-11-21(33)30(8,36-25)23-19(32)14-27(5)20-10-9-16-17(13-18(31)24(35)26(16,3)4)29(20,7)22(34)15-28(23,27)6/h9,17,19-20,23-24,32,35H,10-15H2,1-8H3/t17-,19-,20+,23+,24-,27+,28-,29+,30-/m1/s1. The number of hydrogen-bond donors (Lipinski definition) is 2. The highest BCUT2D eigenvalue weighted by molar-refractivity contribution is 5.93. The first-order valence-corrected chi connectivity index (χ1v) is 13.7. The van der Waals surface area contributed by atoms with E-state index in [9.17, 15) is 24.6 Å². The summed E-state index contributed by atoms with van der Waals surface area (Å²) in [7, 11) is 0. The summed E-state index contributed by atoms with van der Waals surface area (Å²) in [5.41, 5.74) is -3.17. The van der Waals surface area contributed by atoms with E-state index in [4.69, 9.17) is 4.74 Å². The van der Waals surface area contributed by atoms with E-state index in [-0.39, 0.29) is 42.0 Å². The Morgan fingerprint density at radius 1 is 0.917 bits per heavy atom. The number of rotatable bonds is 1. The van der Waals surface area contributed by atoms with Crippen LogP contribution in [-0.4, -0.2) is 51.0 Å². The molecule has 0 bridgehead atoms. The zero-order valence-corrected chi connectivity index (χ0v) is 23.2. The molecule has 5 aliphatic rings. The molecule has 4 aliphatic carbocycles. The third-order valence-electron chi connectivity index (χ3n) is 12.0. The Morgan fingerprint density at radius 2 is 1.56 bits per heavy atom. The van der Waals surface area contributed by atoms with Gasteiger partial charge >= 0.3 is 0 Å². The monoisotopic (exact) mass is 500 g/mol. The van der Waals surface area contributed by atoms with Crippen LogP contribution < -0.4 is 0 Å². The fraction of sp³-hybridized carbons (Fsp3) is 0.833.